The smallest absolute Gasteiger partial charge is 0.248 e. The predicted molar refractivity (Wildman–Crippen MR) is 112 cm³/mol. The molecule has 10 heteroatoms. The number of hydrogen-bond acceptors (Lipinski definition) is 7. The summed E-state index contributed by atoms with van der Waals surface area (Å²) < 4.78 is 1.57. The van der Waals surface area contributed by atoms with E-state index in [1.54, 1.807) is 10.9 Å². The maximum Gasteiger partial charge on any atom is 0.248 e. The summed E-state index contributed by atoms with van der Waals surface area (Å²) in [4.78, 5) is 32.0. The lowest BCUT2D eigenvalue weighted by Crippen LogP contribution is -2.49. The van der Waals surface area contributed by atoms with Crippen LogP contribution in [0.3, 0.4) is 0 Å². The van der Waals surface area contributed by atoms with Crippen molar-refractivity contribution in [3.05, 3.63) is 17.3 Å². The first kappa shape index (κ1) is 20.9. The van der Waals surface area contributed by atoms with Gasteiger partial charge in [0.1, 0.15) is 22.8 Å². The Labute approximate surface area is 179 Å². The Bertz CT molecular complexity index is 944. The molecule has 1 saturated carbocycles. The minimum absolute atomic E-state index is 0.127. The molecule has 0 bridgehead atoms. The molecule has 1 aliphatic heterocycles. The van der Waals surface area contributed by atoms with Crippen LogP contribution in [-0.2, 0) is 9.59 Å². The molecule has 30 heavy (non-hydrogen) atoms. The van der Waals surface area contributed by atoms with Gasteiger partial charge in [-0.1, -0.05) is 26.0 Å². The van der Waals surface area contributed by atoms with E-state index in [-0.39, 0.29) is 24.8 Å². The molecule has 2 aromatic heterocycles. The van der Waals surface area contributed by atoms with Gasteiger partial charge < -0.3 is 15.3 Å². The molecule has 2 N–H and O–H groups in total. The lowest BCUT2D eigenvalue weighted by Gasteiger charge is -2.34. The fourth-order valence-electron chi connectivity index (χ4n) is 3.98. The Balaban J connectivity index is 1.62. The molecule has 3 atom stereocenters. The van der Waals surface area contributed by atoms with Gasteiger partial charge in [0.2, 0.25) is 11.8 Å². The highest BCUT2D eigenvalue weighted by atomic mass is 32.1. The van der Waals surface area contributed by atoms with E-state index in [9.17, 15) is 14.7 Å². The Morgan fingerprint density at radius 3 is 2.70 bits per heavy atom. The number of amides is 2. The van der Waals surface area contributed by atoms with Gasteiger partial charge in [-0.15, -0.1) is 16.4 Å². The van der Waals surface area contributed by atoms with Crippen LogP contribution in [0.15, 0.2) is 11.6 Å². The van der Waals surface area contributed by atoms with Gasteiger partial charge in [0.15, 0.2) is 0 Å². The van der Waals surface area contributed by atoms with Gasteiger partial charge in [-0.05, 0) is 18.3 Å². The molecule has 4 rings (SSSR count). The average Bonchev–Trinajstić information content (AvgIpc) is 3.08. The topological polar surface area (TPSA) is 113 Å². The van der Waals surface area contributed by atoms with E-state index in [1.807, 2.05) is 20.8 Å². The van der Waals surface area contributed by atoms with E-state index in [1.165, 1.54) is 36.1 Å². The van der Waals surface area contributed by atoms with Crippen molar-refractivity contribution in [3.8, 4) is 10.7 Å². The van der Waals surface area contributed by atoms with Gasteiger partial charge in [0.25, 0.3) is 0 Å². The van der Waals surface area contributed by atoms with Crippen molar-refractivity contribution in [2.45, 2.75) is 64.1 Å². The predicted octanol–water partition coefficient (Wildman–Crippen LogP) is 1.57. The van der Waals surface area contributed by atoms with Crippen LogP contribution in [0, 0.1) is 5.41 Å². The highest BCUT2D eigenvalue weighted by Crippen LogP contribution is 2.41. The zero-order chi connectivity index (χ0) is 21.6. The monoisotopic (exact) mass is 432 g/mol. The number of likely N-dealkylation sites (N-methyl/N-ethyl adjacent to an activating group) is 1. The first-order valence-electron chi connectivity index (χ1n) is 10.3. The summed E-state index contributed by atoms with van der Waals surface area (Å²) in [6, 6.07) is -1.36. The van der Waals surface area contributed by atoms with Crippen LogP contribution in [0.2, 0.25) is 0 Å². The first-order valence-corrected chi connectivity index (χ1v) is 11.1. The summed E-state index contributed by atoms with van der Waals surface area (Å²) in [6.07, 6.45) is 3.63. The molecule has 0 spiro atoms. The zero-order valence-electron chi connectivity index (χ0n) is 17.7. The van der Waals surface area contributed by atoms with Crippen molar-refractivity contribution in [1.29, 1.82) is 0 Å². The number of likely N-dealkylation sites (tertiary alicyclic amines) is 1. The zero-order valence-corrected chi connectivity index (χ0v) is 18.5. The van der Waals surface area contributed by atoms with Crippen LogP contribution in [0.1, 0.15) is 57.7 Å². The van der Waals surface area contributed by atoms with Gasteiger partial charge in [-0.3, -0.25) is 9.59 Å². The van der Waals surface area contributed by atoms with E-state index in [0.29, 0.717) is 11.6 Å². The molecule has 0 aromatic carbocycles. The number of thiazole rings is 1. The molecule has 0 radical (unpaired) electrons. The van der Waals surface area contributed by atoms with Crippen LogP contribution in [0.5, 0.6) is 0 Å². The summed E-state index contributed by atoms with van der Waals surface area (Å²) in [5, 5.41) is 24.1. The molecule has 3 heterocycles. The summed E-state index contributed by atoms with van der Waals surface area (Å²) in [7, 11) is 1.53. The number of carbonyl (C=O) groups excluding carboxylic acids is 2. The summed E-state index contributed by atoms with van der Waals surface area (Å²) in [5.41, 5.74) is 1.26. The number of rotatable bonds is 5. The standard InChI is InChI=1S/C20H28N6O3S/c1-20(2,3)16(19(29)25-8-12(27)7-15(25)17(28)21-4)26-9-13(23-24-26)18-22-14(10-30-18)11-5-6-11/h9-12,15-16,27H,5-8H2,1-4H3,(H,21,28)/t12?,15-,16?/m1/s1. The third-order valence-corrected chi connectivity index (χ3v) is 6.56. The fourth-order valence-corrected chi connectivity index (χ4v) is 4.83. The number of hydrogen-bond donors (Lipinski definition) is 2. The molecular weight excluding hydrogens is 404 g/mol. The number of carbonyl (C=O) groups is 2. The minimum atomic E-state index is -0.723. The second-order valence-corrected chi connectivity index (χ2v) is 10.1. The van der Waals surface area contributed by atoms with Gasteiger partial charge >= 0.3 is 0 Å². The second kappa shape index (κ2) is 7.73. The minimum Gasteiger partial charge on any atom is -0.391 e. The van der Waals surface area contributed by atoms with Crippen molar-refractivity contribution in [2.24, 2.45) is 5.41 Å². The average molecular weight is 433 g/mol. The number of nitrogens with one attached hydrogen (secondary N) is 1. The molecule has 2 aromatic rings. The maximum atomic E-state index is 13.5. The number of nitrogens with zero attached hydrogens (tertiary/aromatic N) is 5. The lowest BCUT2D eigenvalue weighted by molar-refractivity contribution is -0.144. The maximum absolute atomic E-state index is 13.5. The van der Waals surface area contributed by atoms with Crippen LogP contribution < -0.4 is 5.32 Å². The first-order chi connectivity index (χ1) is 14.2. The van der Waals surface area contributed by atoms with Crippen molar-refractivity contribution in [3.63, 3.8) is 0 Å². The third kappa shape index (κ3) is 3.98. The van der Waals surface area contributed by atoms with Crippen LogP contribution in [0.25, 0.3) is 10.7 Å². The number of aliphatic hydroxyl groups excluding tert-OH is 1. The van der Waals surface area contributed by atoms with E-state index in [0.717, 1.165) is 10.7 Å². The molecular formula is C20H28N6O3S. The van der Waals surface area contributed by atoms with E-state index in [2.05, 4.69) is 26.0 Å². The molecule has 162 valence electrons. The second-order valence-electron chi connectivity index (χ2n) is 9.21. The van der Waals surface area contributed by atoms with Crippen molar-refractivity contribution >= 4 is 23.2 Å². The molecule has 1 aliphatic carbocycles. The third-order valence-electron chi connectivity index (χ3n) is 5.68. The van der Waals surface area contributed by atoms with Crippen LogP contribution in [-0.4, -0.2) is 67.5 Å². The Morgan fingerprint density at radius 1 is 1.33 bits per heavy atom. The summed E-state index contributed by atoms with van der Waals surface area (Å²) >= 11 is 1.54. The van der Waals surface area contributed by atoms with Gasteiger partial charge in [0, 0.05) is 31.3 Å². The van der Waals surface area contributed by atoms with Crippen molar-refractivity contribution in [1.82, 2.24) is 30.2 Å². The van der Waals surface area contributed by atoms with E-state index >= 15 is 0 Å². The number of β-amino-alcohol motifs (C(OH)–C–C–N with tert-alkyl or cyclic N) is 1. The quantitative estimate of drug-likeness (QED) is 0.742. The SMILES string of the molecule is CNC(=O)[C@H]1CC(O)CN1C(=O)C(n1cc(-c2nc(C3CC3)cs2)nn1)C(C)(C)C. The van der Waals surface area contributed by atoms with Gasteiger partial charge in [0.05, 0.1) is 18.0 Å². The van der Waals surface area contributed by atoms with Gasteiger partial charge in [-0.2, -0.15) is 0 Å². The van der Waals surface area contributed by atoms with E-state index in [4.69, 9.17) is 0 Å². The molecule has 1 saturated heterocycles. The van der Waals surface area contributed by atoms with Crippen LogP contribution in [0.4, 0.5) is 0 Å². The van der Waals surface area contributed by atoms with Crippen molar-refractivity contribution < 1.29 is 14.7 Å². The Kier molecular flexibility index (Phi) is 5.39. The number of aliphatic hydroxyl groups is 1. The Morgan fingerprint density at radius 2 is 2.07 bits per heavy atom. The molecule has 2 amide bonds. The normalized spacial score (nSPS) is 22.9. The lowest BCUT2D eigenvalue weighted by atomic mass is 9.85. The molecule has 2 aliphatic rings. The van der Waals surface area contributed by atoms with Crippen molar-refractivity contribution in [2.75, 3.05) is 13.6 Å². The van der Waals surface area contributed by atoms with E-state index < -0.39 is 23.6 Å². The van der Waals surface area contributed by atoms with Crippen LogP contribution >= 0.6 is 11.3 Å². The Hall–Kier alpha value is -2.33. The van der Waals surface area contributed by atoms with Gasteiger partial charge in [-0.25, -0.2) is 9.67 Å². The fraction of sp³-hybridized carbons (Fsp3) is 0.650. The highest BCUT2D eigenvalue weighted by molar-refractivity contribution is 7.13. The summed E-state index contributed by atoms with van der Waals surface area (Å²) in [5.74, 6) is 0.0429. The molecule has 9 nitrogen and oxygen atoms in total. The molecule has 2 fully saturated rings. The summed E-state index contributed by atoms with van der Waals surface area (Å²) in [6.45, 7) is 5.98. The number of aromatic nitrogens is 4. The largest absolute Gasteiger partial charge is 0.391 e. The molecule has 2 unspecified atom stereocenters. The highest BCUT2D eigenvalue weighted by Gasteiger charge is 2.45.